The summed E-state index contributed by atoms with van der Waals surface area (Å²) in [7, 11) is -3.89. The van der Waals surface area contributed by atoms with Crippen LogP contribution in [0.1, 0.15) is 18.0 Å². The van der Waals surface area contributed by atoms with Crippen molar-refractivity contribution in [1.29, 1.82) is 0 Å². The van der Waals surface area contributed by atoms with Crippen molar-refractivity contribution in [3.05, 3.63) is 51.3 Å². The Morgan fingerprint density at radius 1 is 1.23 bits per heavy atom. The fraction of sp³-hybridized carbons (Fsp3) is 0.154. The second-order valence-corrected chi connectivity index (χ2v) is 8.41. The van der Waals surface area contributed by atoms with Gasteiger partial charge >= 0.3 is 5.97 Å². The zero-order valence-corrected chi connectivity index (χ0v) is 14.1. The fourth-order valence-corrected chi connectivity index (χ4v) is 4.82. The van der Waals surface area contributed by atoms with E-state index >= 15 is 0 Å². The number of hydrogen-bond acceptors (Lipinski definition) is 4. The topological polar surface area (TPSA) is 83.5 Å². The monoisotopic (exact) mass is 379 g/mol. The molecule has 0 aliphatic rings. The summed E-state index contributed by atoms with van der Waals surface area (Å²) in [6.07, 6.45) is -0.429. The minimum absolute atomic E-state index is 0.0138. The second kappa shape index (κ2) is 6.97. The highest BCUT2D eigenvalue weighted by Crippen LogP contribution is 2.30. The maximum atomic E-state index is 12.3. The quantitative estimate of drug-likeness (QED) is 0.803. The molecule has 0 spiro atoms. The van der Waals surface area contributed by atoms with Crippen molar-refractivity contribution in [2.24, 2.45) is 0 Å². The van der Waals surface area contributed by atoms with Gasteiger partial charge in [0.1, 0.15) is 4.21 Å². The molecular weight excluding hydrogens is 369 g/mol. The number of rotatable bonds is 6. The highest BCUT2D eigenvalue weighted by molar-refractivity contribution is 7.91. The minimum Gasteiger partial charge on any atom is -0.481 e. The summed E-state index contributed by atoms with van der Waals surface area (Å²) in [5.74, 6) is -1.14. The molecule has 1 unspecified atom stereocenters. The maximum absolute atomic E-state index is 12.3. The van der Waals surface area contributed by atoms with Gasteiger partial charge in [0.25, 0.3) is 10.0 Å². The van der Waals surface area contributed by atoms with Crippen molar-refractivity contribution in [2.45, 2.75) is 16.7 Å². The van der Waals surface area contributed by atoms with Crippen molar-refractivity contribution >= 4 is 50.5 Å². The summed E-state index contributed by atoms with van der Waals surface area (Å²) in [4.78, 5) is 11.0. The summed E-state index contributed by atoms with van der Waals surface area (Å²) in [6.45, 7) is 0. The van der Waals surface area contributed by atoms with Crippen molar-refractivity contribution in [1.82, 2.24) is 4.72 Å². The summed E-state index contributed by atoms with van der Waals surface area (Å²) < 4.78 is 27.4. The number of sulfonamides is 1. The van der Waals surface area contributed by atoms with E-state index in [4.69, 9.17) is 28.3 Å². The molecule has 0 fully saturated rings. The van der Waals surface area contributed by atoms with E-state index in [2.05, 4.69) is 4.72 Å². The van der Waals surface area contributed by atoms with Crippen LogP contribution in [0.15, 0.2) is 40.6 Å². The molecular formula is C13H11Cl2NO4S2. The minimum atomic E-state index is -3.89. The Hall–Kier alpha value is -1.12. The largest absolute Gasteiger partial charge is 0.481 e. The van der Waals surface area contributed by atoms with E-state index in [-0.39, 0.29) is 4.21 Å². The molecule has 1 aromatic carbocycles. The number of carboxylic acid groups (broad SMARTS) is 1. The van der Waals surface area contributed by atoms with Crippen LogP contribution in [0, 0.1) is 0 Å². The Morgan fingerprint density at radius 2 is 1.91 bits per heavy atom. The molecule has 2 N–H and O–H groups in total. The summed E-state index contributed by atoms with van der Waals surface area (Å²) in [5.41, 5.74) is 0.401. The zero-order valence-electron chi connectivity index (χ0n) is 11.0. The first-order valence-electron chi connectivity index (χ1n) is 6.03. The predicted octanol–water partition coefficient (Wildman–Crippen LogP) is 3.55. The molecule has 22 heavy (non-hydrogen) atoms. The van der Waals surface area contributed by atoms with E-state index in [1.54, 1.807) is 24.3 Å². The Balaban J connectivity index is 2.35. The van der Waals surface area contributed by atoms with Crippen LogP contribution in [-0.2, 0) is 14.8 Å². The van der Waals surface area contributed by atoms with Crippen LogP contribution in [0.4, 0.5) is 0 Å². The molecule has 0 saturated heterocycles. The van der Waals surface area contributed by atoms with Gasteiger partial charge in [-0.3, -0.25) is 4.79 Å². The van der Waals surface area contributed by atoms with Gasteiger partial charge in [0.05, 0.1) is 16.8 Å². The molecule has 0 bridgehead atoms. The summed E-state index contributed by atoms with van der Waals surface area (Å²) in [6, 6.07) is 8.34. The number of carbonyl (C=O) groups is 1. The van der Waals surface area contributed by atoms with E-state index in [1.807, 2.05) is 0 Å². The third-order valence-electron chi connectivity index (χ3n) is 2.77. The van der Waals surface area contributed by atoms with Crippen molar-refractivity contribution in [3.8, 4) is 0 Å². The highest BCUT2D eigenvalue weighted by atomic mass is 35.5. The van der Waals surface area contributed by atoms with E-state index in [1.165, 1.54) is 12.1 Å². The molecule has 0 aliphatic heterocycles. The number of carboxylic acids is 1. The predicted molar refractivity (Wildman–Crippen MR) is 86.1 cm³/mol. The van der Waals surface area contributed by atoms with E-state index in [0.29, 0.717) is 14.9 Å². The lowest BCUT2D eigenvalue weighted by Crippen LogP contribution is -2.30. The molecule has 0 saturated carbocycles. The van der Waals surface area contributed by atoms with E-state index in [0.717, 1.165) is 11.3 Å². The molecule has 2 aromatic rings. The summed E-state index contributed by atoms with van der Waals surface area (Å²) in [5, 5.41) is 9.30. The van der Waals surface area contributed by atoms with Gasteiger partial charge in [-0.25, -0.2) is 13.1 Å². The van der Waals surface area contributed by atoms with Gasteiger partial charge in [-0.05, 0) is 23.8 Å². The van der Waals surface area contributed by atoms with Gasteiger partial charge in [-0.1, -0.05) is 41.4 Å². The second-order valence-electron chi connectivity index (χ2n) is 4.35. The number of aliphatic carboxylic acids is 1. The van der Waals surface area contributed by atoms with Crippen LogP contribution in [0.25, 0.3) is 0 Å². The average molecular weight is 380 g/mol. The molecule has 0 amide bonds. The van der Waals surface area contributed by atoms with E-state index in [9.17, 15) is 13.2 Å². The zero-order chi connectivity index (χ0) is 16.3. The van der Waals surface area contributed by atoms with Crippen LogP contribution in [0.3, 0.4) is 0 Å². The van der Waals surface area contributed by atoms with Gasteiger partial charge in [-0.15, -0.1) is 11.3 Å². The molecule has 5 nitrogen and oxygen atoms in total. The standard InChI is InChI=1S/C13H11Cl2NO4S2/c14-9-4-2-1-3-8(9)10(7-12(17)18)16-22(19,20)13-6-5-11(15)21-13/h1-6,10,16H,7H2,(H,17,18). The van der Waals surface area contributed by atoms with Crippen LogP contribution in [0.2, 0.25) is 9.36 Å². The van der Waals surface area contributed by atoms with Crippen molar-refractivity contribution in [2.75, 3.05) is 0 Å². The Morgan fingerprint density at radius 3 is 2.45 bits per heavy atom. The molecule has 2 rings (SSSR count). The molecule has 118 valence electrons. The third kappa shape index (κ3) is 4.21. The van der Waals surface area contributed by atoms with Gasteiger partial charge in [0.15, 0.2) is 0 Å². The normalized spacial score (nSPS) is 13.0. The molecule has 9 heteroatoms. The van der Waals surface area contributed by atoms with Gasteiger partial charge < -0.3 is 5.11 Å². The van der Waals surface area contributed by atoms with Crippen LogP contribution in [-0.4, -0.2) is 19.5 Å². The first kappa shape index (κ1) is 17.2. The molecule has 1 heterocycles. The average Bonchev–Trinajstić information content (AvgIpc) is 2.85. The molecule has 0 aliphatic carbocycles. The maximum Gasteiger partial charge on any atom is 0.305 e. The molecule has 1 atom stereocenters. The highest BCUT2D eigenvalue weighted by Gasteiger charge is 2.26. The van der Waals surface area contributed by atoms with Gasteiger partial charge in [0, 0.05) is 5.02 Å². The number of halogens is 2. The fourth-order valence-electron chi connectivity index (χ4n) is 1.83. The van der Waals surface area contributed by atoms with Gasteiger partial charge in [0.2, 0.25) is 0 Å². The lowest BCUT2D eigenvalue weighted by atomic mass is 10.1. The van der Waals surface area contributed by atoms with Crippen molar-refractivity contribution < 1.29 is 18.3 Å². The van der Waals surface area contributed by atoms with Crippen LogP contribution < -0.4 is 4.72 Å². The smallest absolute Gasteiger partial charge is 0.305 e. The molecule has 0 radical (unpaired) electrons. The van der Waals surface area contributed by atoms with Crippen molar-refractivity contribution in [3.63, 3.8) is 0 Å². The Kier molecular flexibility index (Phi) is 5.46. The van der Waals surface area contributed by atoms with Crippen LogP contribution >= 0.6 is 34.5 Å². The first-order valence-corrected chi connectivity index (χ1v) is 9.09. The Bertz CT molecular complexity index is 789. The lowest BCUT2D eigenvalue weighted by molar-refractivity contribution is -0.137. The number of benzene rings is 1. The first-order chi connectivity index (χ1) is 10.3. The van der Waals surface area contributed by atoms with Gasteiger partial charge in [-0.2, -0.15) is 0 Å². The number of nitrogens with one attached hydrogen (secondary N) is 1. The van der Waals surface area contributed by atoms with Crippen LogP contribution in [0.5, 0.6) is 0 Å². The molecule has 1 aromatic heterocycles. The third-order valence-corrected chi connectivity index (χ3v) is 6.31. The Labute approximate surface area is 141 Å². The lowest BCUT2D eigenvalue weighted by Gasteiger charge is -2.18. The number of thiophene rings is 1. The summed E-state index contributed by atoms with van der Waals surface area (Å²) >= 11 is 12.7. The SMILES string of the molecule is O=C(O)CC(NS(=O)(=O)c1ccc(Cl)s1)c1ccccc1Cl. The van der Waals surface area contributed by atoms with E-state index < -0.39 is 28.5 Å². The number of hydrogen-bond donors (Lipinski definition) is 2.